The number of aryl methyl sites for hydroxylation is 1. The van der Waals surface area contributed by atoms with Gasteiger partial charge in [-0.2, -0.15) is 0 Å². The largest absolute Gasteiger partial charge is 0.494 e. The minimum atomic E-state index is -3.71. The van der Waals surface area contributed by atoms with Gasteiger partial charge >= 0.3 is 11.9 Å². The van der Waals surface area contributed by atoms with Crippen LogP contribution in [0.3, 0.4) is 0 Å². The average molecular weight is 641 g/mol. The smallest absolute Gasteiger partial charge is 0.414 e. The molecule has 0 atom stereocenters. The summed E-state index contributed by atoms with van der Waals surface area (Å²) in [6, 6.07) is 18.4. The van der Waals surface area contributed by atoms with Crippen molar-refractivity contribution in [2.45, 2.75) is 49.3 Å². The first-order chi connectivity index (χ1) is 21.4. The molecule has 2 heterocycles. The molecule has 0 aliphatic rings. The van der Waals surface area contributed by atoms with Crippen LogP contribution in [0.2, 0.25) is 0 Å². The molecule has 242 valence electrons. The first-order valence-corrected chi connectivity index (χ1v) is 15.9. The number of methoxy groups -OCH3 is 2. The Balaban J connectivity index is 0.000000838. The number of carboxylic acids is 2. The maximum atomic E-state index is 13.8. The van der Waals surface area contributed by atoms with Crippen molar-refractivity contribution in [3.63, 3.8) is 0 Å². The maximum Gasteiger partial charge on any atom is 0.414 e. The molecule has 2 aromatic heterocycles. The number of fused-ring (bicyclic) bond motifs is 1. The van der Waals surface area contributed by atoms with Gasteiger partial charge in [0, 0.05) is 11.9 Å². The molecule has 0 spiro atoms. The highest BCUT2D eigenvalue weighted by Crippen LogP contribution is 2.37. The molecule has 0 radical (unpaired) electrons. The molecule has 0 saturated heterocycles. The van der Waals surface area contributed by atoms with E-state index in [1.165, 1.54) is 5.56 Å². The second-order valence-electron chi connectivity index (χ2n) is 10.4. The number of benzene rings is 2. The third kappa shape index (κ3) is 8.77. The van der Waals surface area contributed by atoms with Gasteiger partial charge in [0.05, 0.1) is 31.2 Å². The molecule has 0 bridgehead atoms. The number of nitrogens with zero attached hydrogens (tertiary/aromatic N) is 1. The Kier molecular flexibility index (Phi) is 12.4. The van der Waals surface area contributed by atoms with Gasteiger partial charge in [-0.15, -0.1) is 0 Å². The van der Waals surface area contributed by atoms with E-state index in [9.17, 15) is 8.42 Å². The molecule has 0 fully saturated rings. The van der Waals surface area contributed by atoms with Gasteiger partial charge in [0.15, 0.2) is 11.5 Å². The summed E-state index contributed by atoms with van der Waals surface area (Å²) in [4.78, 5) is 18.9. The number of hydrogen-bond acceptors (Lipinski definition) is 8. The highest BCUT2D eigenvalue weighted by Gasteiger charge is 2.29. The molecule has 3 N–H and O–H groups in total. The minimum absolute atomic E-state index is 0.0740. The van der Waals surface area contributed by atoms with E-state index in [-0.39, 0.29) is 10.8 Å². The summed E-state index contributed by atoms with van der Waals surface area (Å²) in [6.07, 6.45) is 3.63. The molecule has 0 aliphatic heterocycles. The van der Waals surface area contributed by atoms with Crippen LogP contribution >= 0.6 is 0 Å². The molecular formula is C33H40N2O9S. The summed E-state index contributed by atoms with van der Waals surface area (Å²) in [5, 5.41) is 18.2. The van der Waals surface area contributed by atoms with Crippen molar-refractivity contribution in [2.75, 3.05) is 33.9 Å². The number of carboxylic acid groups (broad SMARTS) is 2. The zero-order valence-electron chi connectivity index (χ0n) is 26.1. The molecule has 0 saturated carbocycles. The average Bonchev–Trinajstić information content (AvgIpc) is 3.34. The van der Waals surface area contributed by atoms with Gasteiger partial charge in [-0.3, -0.25) is 0 Å². The molecule has 4 rings (SSSR count). The van der Waals surface area contributed by atoms with Crippen LogP contribution in [-0.2, 0) is 25.8 Å². The summed E-state index contributed by atoms with van der Waals surface area (Å²) in [5.41, 5.74) is 3.70. The van der Waals surface area contributed by atoms with Crippen LogP contribution in [0.15, 0.2) is 76.7 Å². The van der Waals surface area contributed by atoms with Crippen molar-refractivity contribution in [1.82, 2.24) is 9.72 Å². The number of carbonyl (C=O) groups is 2. The molecule has 0 unspecified atom stereocenters. The summed E-state index contributed by atoms with van der Waals surface area (Å²) < 4.78 is 46.0. The van der Waals surface area contributed by atoms with Crippen LogP contribution in [0, 0.1) is 6.92 Å². The van der Waals surface area contributed by atoms with Crippen molar-refractivity contribution in [3.8, 4) is 17.2 Å². The molecule has 0 aliphatic carbocycles. The lowest BCUT2D eigenvalue weighted by Gasteiger charge is -2.12. The van der Waals surface area contributed by atoms with Crippen molar-refractivity contribution >= 4 is 27.3 Å². The predicted octanol–water partition coefficient (Wildman–Crippen LogP) is 4.98. The van der Waals surface area contributed by atoms with Crippen LogP contribution < -0.4 is 19.5 Å². The normalized spacial score (nSPS) is 11.2. The van der Waals surface area contributed by atoms with Gasteiger partial charge in [0.25, 0.3) is 0 Å². The fourth-order valence-electron chi connectivity index (χ4n) is 4.93. The van der Waals surface area contributed by atoms with Crippen LogP contribution in [0.5, 0.6) is 17.2 Å². The number of aliphatic carboxylic acids is 2. The molecule has 0 amide bonds. The zero-order chi connectivity index (χ0) is 33.1. The summed E-state index contributed by atoms with van der Waals surface area (Å²) >= 11 is 0. The highest BCUT2D eigenvalue weighted by molar-refractivity contribution is 7.91. The van der Waals surface area contributed by atoms with Gasteiger partial charge in [-0.25, -0.2) is 18.0 Å². The third-order valence-electron chi connectivity index (χ3n) is 7.06. The van der Waals surface area contributed by atoms with Crippen molar-refractivity contribution in [2.24, 2.45) is 0 Å². The number of pyridine rings is 1. The Morgan fingerprint density at radius 2 is 1.58 bits per heavy atom. The van der Waals surface area contributed by atoms with E-state index < -0.39 is 21.8 Å². The van der Waals surface area contributed by atoms with Crippen molar-refractivity contribution in [3.05, 3.63) is 83.7 Å². The van der Waals surface area contributed by atoms with Crippen LogP contribution in [0.4, 0.5) is 0 Å². The lowest BCUT2D eigenvalue weighted by Crippen LogP contribution is -2.20. The Morgan fingerprint density at radius 3 is 2.18 bits per heavy atom. The number of rotatable bonds is 13. The van der Waals surface area contributed by atoms with E-state index >= 15 is 0 Å². The van der Waals surface area contributed by atoms with E-state index in [2.05, 4.69) is 5.32 Å². The van der Waals surface area contributed by atoms with E-state index in [4.69, 9.17) is 34.0 Å². The number of nitrogens with one attached hydrogen (secondary N) is 1. The van der Waals surface area contributed by atoms with Crippen LogP contribution in [0.25, 0.3) is 5.52 Å². The van der Waals surface area contributed by atoms with Crippen molar-refractivity contribution in [1.29, 1.82) is 0 Å². The molecule has 45 heavy (non-hydrogen) atoms. The van der Waals surface area contributed by atoms with Crippen LogP contribution in [0.1, 0.15) is 43.0 Å². The first-order valence-electron chi connectivity index (χ1n) is 14.4. The lowest BCUT2D eigenvalue weighted by atomic mass is 10.0. The predicted molar refractivity (Wildman–Crippen MR) is 170 cm³/mol. The number of sulfone groups is 1. The molecule has 4 aromatic rings. The topological polar surface area (TPSA) is 153 Å². The van der Waals surface area contributed by atoms with Crippen molar-refractivity contribution < 1.29 is 42.4 Å². The van der Waals surface area contributed by atoms with E-state index in [1.807, 2.05) is 67.8 Å². The number of aromatic nitrogens is 1. The molecule has 11 nitrogen and oxygen atoms in total. The highest BCUT2D eigenvalue weighted by atomic mass is 32.2. The molecule has 12 heteroatoms. The van der Waals surface area contributed by atoms with Gasteiger partial charge in [0.2, 0.25) is 9.84 Å². The van der Waals surface area contributed by atoms with Gasteiger partial charge < -0.3 is 34.1 Å². The number of hydrogen-bond donors (Lipinski definition) is 3. The third-order valence-corrected chi connectivity index (χ3v) is 8.92. The fourth-order valence-corrected chi connectivity index (χ4v) is 6.77. The second-order valence-corrected chi connectivity index (χ2v) is 12.3. The standard InChI is InChI=1S/C31H38N2O5S.C2H2O4/c1-22(2)30-23(3)33-19-7-6-9-27(33)31(30)39(34,35)26-13-11-25(12-14-26)38-20-8-17-32-18-16-24-10-15-28(36-4)29(21-24)37-5;3-1(4)2(5)6/h6-7,9-15,19,21-22,32H,8,16-18,20H2,1-5H3;(H,3,4)(H,5,6). The van der Waals surface area contributed by atoms with E-state index in [1.54, 1.807) is 38.5 Å². The Hall–Kier alpha value is -4.55. The SMILES string of the molecule is COc1ccc(CCNCCCOc2ccc(S(=O)(=O)c3c(C(C)C)c(C)n4ccccc34)cc2)cc1OC.O=C(O)C(=O)O. The van der Waals surface area contributed by atoms with E-state index in [0.717, 1.165) is 48.7 Å². The first kappa shape index (κ1) is 34.9. The van der Waals surface area contributed by atoms with Crippen LogP contribution in [-0.4, -0.2) is 68.9 Å². The van der Waals surface area contributed by atoms with E-state index in [0.29, 0.717) is 22.8 Å². The Morgan fingerprint density at radius 1 is 0.911 bits per heavy atom. The summed E-state index contributed by atoms with van der Waals surface area (Å²) in [7, 11) is -0.435. The number of ether oxygens (including phenoxy) is 3. The summed E-state index contributed by atoms with van der Waals surface area (Å²) in [5.74, 6) is -1.46. The minimum Gasteiger partial charge on any atom is -0.494 e. The Bertz CT molecular complexity index is 1700. The van der Waals surface area contributed by atoms with Gasteiger partial charge in [-0.1, -0.05) is 26.0 Å². The summed E-state index contributed by atoms with van der Waals surface area (Å²) in [6.45, 7) is 8.23. The fraction of sp³-hybridized carbons (Fsp3) is 0.333. The quantitative estimate of drug-likeness (QED) is 0.135. The van der Waals surface area contributed by atoms with Gasteiger partial charge in [0.1, 0.15) is 10.6 Å². The zero-order valence-corrected chi connectivity index (χ0v) is 26.9. The lowest BCUT2D eigenvalue weighted by molar-refractivity contribution is -0.159. The molecule has 2 aromatic carbocycles. The second kappa shape index (κ2) is 16.0. The molecular weight excluding hydrogens is 600 g/mol. The monoisotopic (exact) mass is 640 g/mol. The van der Waals surface area contributed by atoms with Gasteiger partial charge in [-0.05, 0) is 98.4 Å². The maximum absolute atomic E-state index is 13.8. The Labute approximate surface area is 263 Å².